The lowest BCUT2D eigenvalue weighted by Crippen LogP contribution is -2.46. The standard InChI is InChI=1S/C17H23NO6/c1-3-12(2)15(16(21)23-10-9-14(19)20)18-17(22)24-11-13-7-5-4-6-8-13/h4-8,12,15H,3,9-11H2,1-2H3,(H,18,22)(H,19,20)/t12-,15-/m0/s1. The first-order valence-electron chi connectivity index (χ1n) is 7.79. The Morgan fingerprint density at radius 2 is 1.83 bits per heavy atom. The maximum Gasteiger partial charge on any atom is 0.408 e. The Kier molecular flexibility index (Phi) is 8.32. The largest absolute Gasteiger partial charge is 0.481 e. The van der Waals surface area contributed by atoms with Gasteiger partial charge in [-0.25, -0.2) is 9.59 Å². The first kappa shape index (κ1) is 19.5. The summed E-state index contributed by atoms with van der Waals surface area (Å²) < 4.78 is 10.0. The van der Waals surface area contributed by atoms with Crippen LogP contribution in [0, 0.1) is 5.92 Å². The van der Waals surface area contributed by atoms with E-state index in [1.54, 1.807) is 6.92 Å². The van der Waals surface area contributed by atoms with Crippen LogP contribution in [0.1, 0.15) is 32.3 Å². The van der Waals surface area contributed by atoms with Gasteiger partial charge in [-0.05, 0) is 11.5 Å². The van der Waals surface area contributed by atoms with Gasteiger partial charge >= 0.3 is 18.0 Å². The van der Waals surface area contributed by atoms with E-state index in [1.807, 2.05) is 37.3 Å². The summed E-state index contributed by atoms with van der Waals surface area (Å²) in [7, 11) is 0. The van der Waals surface area contributed by atoms with E-state index in [0.29, 0.717) is 6.42 Å². The molecule has 0 saturated heterocycles. The number of amides is 1. The molecule has 1 amide bonds. The third-order valence-corrected chi connectivity index (χ3v) is 3.51. The molecule has 0 heterocycles. The Morgan fingerprint density at radius 3 is 2.42 bits per heavy atom. The maximum atomic E-state index is 12.0. The number of benzene rings is 1. The van der Waals surface area contributed by atoms with Crippen molar-refractivity contribution in [1.29, 1.82) is 0 Å². The molecule has 1 aromatic rings. The van der Waals surface area contributed by atoms with Crippen molar-refractivity contribution in [3.8, 4) is 0 Å². The molecule has 0 radical (unpaired) electrons. The van der Waals surface area contributed by atoms with Crippen LogP contribution in [0.2, 0.25) is 0 Å². The lowest BCUT2D eigenvalue weighted by Gasteiger charge is -2.22. The number of ether oxygens (including phenoxy) is 2. The molecule has 0 aromatic heterocycles. The van der Waals surface area contributed by atoms with E-state index in [1.165, 1.54) is 0 Å². The normalized spacial score (nSPS) is 12.8. The second-order valence-corrected chi connectivity index (χ2v) is 5.38. The summed E-state index contributed by atoms with van der Waals surface area (Å²) in [5.74, 6) is -1.90. The van der Waals surface area contributed by atoms with Crippen LogP contribution in [0.4, 0.5) is 4.79 Å². The zero-order chi connectivity index (χ0) is 17.9. The highest BCUT2D eigenvalue weighted by atomic mass is 16.6. The Hall–Kier alpha value is -2.57. The van der Waals surface area contributed by atoms with Crippen molar-refractivity contribution in [3.63, 3.8) is 0 Å². The summed E-state index contributed by atoms with van der Waals surface area (Å²) >= 11 is 0. The van der Waals surface area contributed by atoms with Gasteiger partial charge < -0.3 is 19.9 Å². The van der Waals surface area contributed by atoms with Crippen LogP contribution < -0.4 is 5.32 Å². The summed E-state index contributed by atoms with van der Waals surface area (Å²) in [5, 5.41) is 11.1. The van der Waals surface area contributed by atoms with Crippen molar-refractivity contribution in [2.45, 2.75) is 39.3 Å². The minimum absolute atomic E-state index is 0.0912. The lowest BCUT2D eigenvalue weighted by molar-refractivity contribution is -0.149. The van der Waals surface area contributed by atoms with Gasteiger partial charge in [0.15, 0.2) is 0 Å². The number of carboxylic acids is 1. The predicted octanol–water partition coefficient (Wildman–Crippen LogP) is 2.35. The molecule has 0 aliphatic heterocycles. The summed E-state index contributed by atoms with van der Waals surface area (Å²) in [6, 6.07) is 8.28. The Balaban J connectivity index is 2.53. The van der Waals surface area contributed by atoms with Crippen molar-refractivity contribution >= 4 is 18.0 Å². The summed E-state index contributed by atoms with van der Waals surface area (Å²) in [5.41, 5.74) is 0.830. The molecule has 0 fully saturated rings. The summed E-state index contributed by atoms with van der Waals surface area (Å²) in [6.45, 7) is 3.52. The summed E-state index contributed by atoms with van der Waals surface area (Å²) in [4.78, 5) is 34.4. The van der Waals surface area contributed by atoms with Crippen LogP contribution in [0.25, 0.3) is 0 Å². The third kappa shape index (κ3) is 7.13. The second kappa shape index (κ2) is 10.3. The van der Waals surface area contributed by atoms with Gasteiger partial charge in [0, 0.05) is 0 Å². The predicted molar refractivity (Wildman–Crippen MR) is 86.2 cm³/mol. The number of carboxylic acid groups (broad SMARTS) is 1. The Morgan fingerprint density at radius 1 is 1.17 bits per heavy atom. The van der Waals surface area contributed by atoms with E-state index in [2.05, 4.69) is 5.32 Å². The number of carbonyl (C=O) groups excluding carboxylic acids is 2. The van der Waals surface area contributed by atoms with Gasteiger partial charge in [0.1, 0.15) is 19.3 Å². The molecule has 0 aliphatic rings. The van der Waals surface area contributed by atoms with Gasteiger partial charge in [-0.15, -0.1) is 0 Å². The molecule has 0 bridgehead atoms. The minimum atomic E-state index is -1.06. The molecular formula is C17H23NO6. The monoisotopic (exact) mass is 337 g/mol. The average molecular weight is 337 g/mol. The topological polar surface area (TPSA) is 102 Å². The first-order chi connectivity index (χ1) is 11.4. The highest BCUT2D eigenvalue weighted by molar-refractivity contribution is 5.81. The molecule has 24 heavy (non-hydrogen) atoms. The molecule has 0 saturated carbocycles. The lowest BCUT2D eigenvalue weighted by atomic mass is 9.99. The van der Waals surface area contributed by atoms with Crippen LogP contribution in [-0.2, 0) is 25.7 Å². The van der Waals surface area contributed by atoms with E-state index in [0.717, 1.165) is 5.56 Å². The fourth-order valence-electron chi connectivity index (χ4n) is 1.89. The maximum absolute atomic E-state index is 12.0. The van der Waals surface area contributed by atoms with Crippen LogP contribution in [0.3, 0.4) is 0 Å². The molecule has 0 spiro atoms. The van der Waals surface area contributed by atoms with E-state index in [4.69, 9.17) is 14.6 Å². The van der Waals surface area contributed by atoms with Gasteiger partial charge in [0.25, 0.3) is 0 Å². The van der Waals surface area contributed by atoms with Gasteiger partial charge in [-0.1, -0.05) is 50.6 Å². The molecule has 132 valence electrons. The average Bonchev–Trinajstić information content (AvgIpc) is 2.57. The number of nitrogens with one attached hydrogen (secondary N) is 1. The molecule has 2 N–H and O–H groups in total. The third-order valence-electron chi connectivity index (χ3n) is 3.51. The Labute approximate surface area is 141 Å². The van der Waals surface area contributed by atoms with Crippen LogP contribution in [0.5, 0.6) is 0 Å². The van der Waals surface area contributed by atoms with Crippen LogP contribution in [0.15, 0.2) is 30.3 Å². The van der Waals surface area contributed by atoms with E-state index < -0.39 is 24.1 Å². The van der Waals surface area contributed by atoms with Crippen LogP contribution >= 0.6 is 0 Å². The van der Waals surface area contributed by atoms with Gasteiger partial charge in [-0.2, -0.15) is 0 Å². The molecule has 7 heteroatoms. The molecule has 0 aliphatic carbocycles. The molecule has 1 aromatic carbocycles. The van der Waals surface area contributed by atoms with Crippen molar-refractivity contribution in [2.75, 3.05) is 6.61 Å². The molecule has 1 rings (SSSR count). The number of esters is 1. The molecule has 7 nitrogen and oxygen atoms in total. The number of aliphatic carboxylic acids is 1. The highest BCUT2D eigenvalue weighted by Crippen LogP contribution is 2.10. The Bertz CT molecular complexity index is 545. The number of hydrogen-bond donors (Lipinski definition) is 2. The minimum Gasteiger partial charge on any atom is -0.481 e. The van der Waals surface area contributed by atoms with E-state index in [9.17, 15) is 14.4 Å². The molecule has 2 atom stereocenters. The van der Waals surface area contributed by atoms with Gasteiger partial charge in [-0.3, -0.25) is 4.79 Å². The van der Waals surface area contributed by atoms with Gasteiger partial charge in [0.2, 0.25) is 0 Å². The van der Waals surface area contributed by atoms with Gasteiger partial charge in [0.05, 0.1) is 6.42 Å². The van der Waals surface area contributed by atoms with Crippen molar-refractivity contribution in [1.82, 2.24) is 5.32 Å². The fourth-order valence-corrected chi connectivity index (χ4v) is 1.89. The SMILES string of the molecule is CC[C@H](C)[C@H](NC(=O)OCc1ccccc1)C(=O)OCCC(=O)O. The van der Waals surface area contributed by atoms with Crippen molar-refractivity contribution in [3.05, 3.63) is 35.9 Å². The molecule has 0 unspecified atom stereocenters. The van der Waals surface area contributed by atoms with E-state index in [-0.39, 0.29) is 25.6 Å². The smallest absolute Gasteiger partial charge is 0.408 e. The first-order valence-corrected chi connectivity index (χ1v) is 7.79. The fraction of sp³-hybridized carbons (Fsp3) is 0.471. The van der Waals surface area contributed by atoms with E-state index >= 15 is 0 Å². The summed E-state index contributed by atoms with van der Waals surface area (Å²) in [6.07, 6.45) is -0.367. The van der Waals surface area contributed by atoms with Crippen molar-refractivity contribution in [2.24, 2.45) is 5.92 Å². The number of carbonyl (C=O) groups is 3. The highest BCUT2D eigenvalue weighted by Gasteiger charge is 2.28. The molecular weight excluding hydrogens is 314 g/mol. The number of alkyl carbamates (subject to hydrolysis) is 1. The van der Waals surface area contributed by atoms with Crippen LogP contribution in [-0.4, -0.2) is 35.8 Å². The second-order valence-electron chi connectivity index (χ2n) is 5.38. The number of hydrogen-bond acceptors (Lipinski definition) is 5. The zero-order valence-electron chi connectivity index (χ0n) is 13.9. The quantitative estimate of drug-likeness (QED) is 0.671. The number of rotatable bonds is 9. The zero-order valence-corrected chi connectivity index (χ0v) is 13.9. The van der Waals surface area contributed by atoms with Crippen molar-refractivity contribution < 1.29 is 29.0 Å².